The molecule has 0 aromatic carbocycles. The molecule has 0 radical (unpaired) electrons. The Morgan fingerprint density at radius 3 is 2.80 bits per heavy atom. The van der Waals surface area contributed by atoms with E-state index in [0.717, 1.165) is 6.92 Å². The summed E-state index contributed by atoms with van der Waals surface area (Å²) in [6, 6.07) is 0. The molecule has 0 saturated heterocycles. The summed E-state index contributed by atoms with van der Waals surface area (Å²) in [4.78, 5) is 24.1. The minimum atomic E-state index is -0.598. The number of nitrogens with zero attached hydrogens (tertiary/aromatic N) is 4. The lowest BCUT2D eigenvalue weighted by molar-refractivity contribution is -0.166. The molecule has 0 aromatic rings. The van der Waals surface area contributed by atoms with Crippen molar-refractivity contribution in [3.05, 3.63) is 10.4 Å². The highest BCUT2D eigenvalue weighted by molar-refractivity contribution is 5.82. The van der Waals surface area contributed by atoms with Crippen LogP contribution >= 0.6 is 0 Å². The summed E-state index contributed by atoms with van der Waals surface area (Å²) >= 11 is 0. The van der Waals surface area contributed by atoms with Crippen LogP contribution in [0.15, 0.2) is 5.11 Å². The van der Waals surface area contributed by atoms with E-state index in [4.69, 9.17) is 10.7 Å². The fourth-order valence-electron chi connectivity index (χ4n) is 0.726. The first-order valence-electron chi connectivity index (χ1n) is 4.32. The van der Waals surface area contributed by atoms with Gasteiger partial charge < -0.3 is 5.32 Å². The van der Waals surface area contributed by atoms with Crippen LogP contribution in [-0.4, -0.2) is 41.7 Å². The maximum atomic E-state index is 11.0. The van der Waals surface area contributed by atoms with E-state index < -0.39 is 18.4 Å². The molecule has 0 aromatic heterocycles. The topological polar surface area (TPSA) is 118 Å². The highest BCUT2D eigenvalue weighted by Crippen LogP contribution is 1.84. The number of hydroxylamine groups is 2. The van der Waals surface area contributed by atoms with Crippen LogP contribution in [0.1, 0.15) is 13.3 Å². The van der Waals surface area contributed by atoms with Crippen molar-refractivity contribution in [2.75, 3.05) is 19.6 Å². The summed E-state index contributed by atoms with van der Waals surface area (Å²) in [7, 11) is 0. The summed E-state index contributed by atoms with van der Waals surface area (Å²) in [5, 5.41) is 14.9. The average molecular weight is 215 g/mol. The van der Waals surface area contributed by atoms with Gasteiger partial charge in [0.25, 0.3) is 0 Å². The third-order valence-electron chi connectivity index (χ3n) is 1.48. The zero-order chi connectivity index (χ0) is 11.7. The molecule has 2 amide bonds. The number of carbonyl (C=O) groups is 2. The van der Waals surface area contributed by atoms with E-state index in [-0.39, 0.29) is 0 Å². The van der Waals surface area contributed by atoms with Crippen LogP contribution in [0.25, 0.3) is 10.4 Å². The largest absolute Gasteiger partial charge is 0.354 e. The SMILES string of the molecule is CC(=O)N(O)CC(=O)NCCCN=[N+]=[N-]. The van der Waals surface area contributed by atoms with Crippen LogP contribution < -0.4 is 5.32 Å². The molecule has 0 aliphatic carbocycles. The van der Waals surface area contributed by atoms with Crippen molar-refractivity contribution in [2.45, 2.75) is 13.3 Å². The van der Waals surface area contributed by atoms with Crippen LogP contribution in [0.4, 0.5) is 0 Å². The Kier molecular flexibility index (Phi) is 6.69. The Hall–Kier alpha value is -1.79. The van der Waals surface area contributed by atoms with Gasteiger partial charge in [0.05, 0.1) is 0 Å². The van der Waals surface area contributed by atoms with Crippen LogP contribution in [0.3, 0.4) is 0 Å². The normalized spacial score (nSPS) is 8.93. The van der Waals surface area contributed by atoms with Crippen molar-refractivity contribution >= 4 is 11.8 Å². The van der Waals surface area contributed by atoms with Gasteiger partial charge in [-0.15, -0.1) is 0 Å². The molecule has 0 spiro atoms. The molecule has 2 N–H and O–H groups in total. The van der Waals surface area contributed by atoms with Gasteiger partial charge in [-0.25, -0.2) is 5.06 Å². The quantitative estimate of drug-likeness (QED) is 0.162. The maximum absolute atomic E-state index is 11.0. The summed E-state index contributed by atoms with van der Waals surface area (Å²) in [5.41, 5.74) is 7.95. The lowest BCUT2D eigenvalue weighted by Crippen LogP contribution is -2.38. The first-order valence-corrected chi connectivity index (χ1v) is 4.32. The number of carbonyl (C=O) groups excluding carboxylic acids is 2. The first-order chi connectivity index (χ1) is 7.07. The molecule has 0 bridgehead atoms. The van der Waals surface area contributed by atoms with E-state index >= 15 is 0 Å². The van der Waals surface area contributed by atoms with E-state index in [2.05, 4.69) is 15.3 Å². The number of rotatable bonds is 6. The van der Waals surface area contributed by atoms with Crippen molar-refractivity contribution in [1.29, 1.82) is 0 Å². The minimum Gasteiger partial charge on any atom is -0.354 e. The Balaban J connectivity index is 3.57. The Labute approximate surface area is 86.4 Å². The van der Waals surface area contributed by atoms with Crippen molar-refractivity contribution in [1.82, 2.24) is 10.4 Å². The van der Waals surface area contributed by atoms with Gasteiger partial charge in [0.15, 0.2) is 0 Å². The van der Waals surface area contributed by atoms with Crippen molar-refractivity contribution in [3.63, 3.8) is 0 Å². The van der Waals surface area contributed by atoms with E-state index in [1.807, 2.05) is 0 Å². The van der Waals surface area contributed by atoms with Crippen molar-refractivity contribution in [3.8, 4) is 0 Å². The Morgan fingerprint density at radius 2 is 2.27 bits per heavy atom. The lowest BCUT2D eigenvalue weighted by Gasteiger charge is -2.11. The minimum absolute atomic E-state index is 0.298. The summed E-state index contributed by atoms with van der Waals surface area (Å²) in [5.74, 6) is -1.06. The van der Waals surface area contributed by atoms with E-state index in [0.29, 0.717) is 24.6 Å². The van der Waals surface area contributed by atoms with Crippen LogP contribution in [0.2, 0.25) is 0 Å². The zero-order valence-electron chi connectivity index (χ0n) is 8.38. The number of amides is 2. The van der Waals surface area contributed by atoms with Gasteiger partial charge in [0, 0.05) is 24.9 Å². The van der Waals surface area contributed by atoms with Gasteiger partial charge in [-0.2, -0.15) is 0 Å². The number of nitrogens with one attached hydrogen (secondary N) is 1. The smallest absolute Gasteiger partial charge is 0.243 e. The Morgan fingerprint density at radius 1 is 1.60 bits per heavy atom. The fourth-order valence-corrected chi connectivity index (χ4v) is 0.726. The third-order valence-corrected chi connectivity index (χ3v) is 1.48. The lowest BCUT2D eigenvalue weighted by atomic mass is 10.4. The van der Waals surface area contributed by atoms with Gasteiger partial charge in [-0.3, -0.25) is 14.8 Å². The molecule has 0 fully saturated rings. The molecular weight excluding hydrogens is 202 g/mol. The predicted molar refractivity (Wildman–Crippen MR) is 50.8 cm³/mol. The molecule has 0 saturated carbocycles. The average Bonchev–Trinajstić information content (AvgIpc) is 2.17. The molecule has 0 aliphatic heterocycles. The molecule has 0 unspecified atom stereocenters. The van der Waals surface area contributed by atoms with E-state index in [1.54, 1.807) is 0 Å². The number of azide groups is 1. The van der Waals surface area contributed by atoms with Gasteiger partial charge in [-0.05, 0) is 12.0 Å². The standard InChI is InChI=1S/C7H13N5O3/c1-6(13)12(15)5-7(14)9-3-2-4-10-11-8/h15H,2-5H2,1H3,(H,9,14). The highest BCUT2D eigenvalue weighted by atomic mass is 16.5. The highest BCUT2D eigenvalue weighted by Gasteiger charge is 2.09. The monoisotopic (exact) mass is 215 g/mol. The molecule has 0 heterocycles. The summed E-state index contributed by atoms with van der Waals surface area (Å²) < 4.78 is 0. The Bertz CT molecular complexity index is 274. The zero-order valence-corrected chi connectivity index (χ0v) is 8.38. The van der Waals surface area contributed by atoms with Crippen LogP contribution in [0.5, 0.6) is 0 Å². The first kappa shape index (κ1) is 13.2. The van der Waals surface area contributed by atoms with Crippen molar-refractivity contribution < 1.29 is 14.8 Å². The van der Waals surface area contributed by atoms with Gasteiger partial charge in [0.2, 0.25) is 11.8 Å². The number of hydrogen-bond donors (Lipinski definition) is 2. The molecule has 84 valence electrons. The molecule has 8 nitrogen and oxygen atoms in total. The maximum Gasteiger partial charge on any atom is 0.243 e. The summed E-state index contributed by atoms with van der Waals surface area (Å²) in [6.45, 7) is 1.39. The second kappa shape index (κ2) is 7.60. The second-order valence-corrected chi connectivity index (χ2v) is 2.73. The third kappa shape index (κ3) is 7.29. The van der Waals surface area contributed by atoms with Gasteiger partial charge in [-0.1, -0.05) is 5.11 Å². The van der Waals surface area contributed by atoms with Gasteiger partial charge in [0.1, 0.15) is 6.54 Å². The number of hydrogen-bond acceptors (Lipinski definition) is 4. The molecule has 15 heavy (non-hydrogen) atoms. The molecular formula is C7H13N5O3. The van der Waals surface area contributed by atoms with Crippen LogP contribution in [-0.2, 0) is 9.59 Å². The molecule has 0 rings (SSSR count). The predicted octanol–water partition coefficient (Wildman–Crippen LogP) is 0.0407. The van der Waals surface area contributed by atoms with Crippen LogP contribution in [0, 0.1) is 0 Å². The van der Waals surface area contributed by atoms with Gasteiger partial charge >= 0.3 is 0 Å². The second-order valence-electron chi connectivity index (χ2n) is 2.73. The molecule has 8 heteroatoms. The van der Waals surface area contributed by atoms with E-state index in [1.165, 1.54) is 0 Å². The summed E-state index contributed by atoms with van der Waals surface area (Å²) in [6.07, 6.45) is 0.515. The molecule has 0 aliphatic rings. The fraction of sp³-hybridized carbons (Fsp3) is 0.714. The van der Waals surface area contributed by atoms with Crippen molar-refractivity contribution in [2.24, 2.45) is 5.11 Å². The molecule has 0 atom stereocenters. The van der Waals surface area contributed by atoms with E-state index in [9.17, 15) is 9.59 Å².